The summed E-state index contributed by atoms with van der Waals surface area (Å²) in [4.78, 5) is 28.2. The second-order valence-corrected chi connectivity index (χ2v) is 7.49. The van der Waals surface area contributed by atoms with Crippen molar-refractivity contribution in [2.75, 3.05) is 19.1 Å². The van der Waals surface area contributed by atoms with Crippen molar-refractivity contribution in [3.63, 3.8) is 0 Å². The smallest absolute Gasteiger partial charge is 0.232 e. The minimum absolute atomic E-state index is 0.00243. The molecule has 0 saturated heterocycles. The number of benzene rings is 2. The number of para-hydroxylation sites is 2. The monoisotopic (exact) mass is 391 g/mol. The number of aryl methyl sites for hydroxylation is 1. The molecule has 1 heterocycles. The predicted octanol–water partition coefficient (Wildman–Crippen LogP) is 4.54. The molecule has 0 bridgehead atoms. The Hall–Kier alpha value is -3.08. The molecule has 2 aliphatic rings. The van der Waals surface area contributed by atoms with Gasteiger partial charge in [0.25, 0.3) is 0 Å². The van der Waals surface area contributed by atoms with Crippen LogP contribution in [-0.2, 0) is 9.59 Å². The summed E-state index contributed by atoms with van der Waals surface area (Å²) in [5.41, 5.74) is 4.28. The molecule has 1 aliphatic heterocycles. The van der Waals surface area contributed by atoms with Crippen LogP contribution in [-0.4, -0.2) is 25.9 Å². The minimum atomic E-state index is -0.324. The van der Waals surface area contributed by atoms with E-state index in [-0.39, 0.29) is 24.0 Å². The van der Waals surface area contributed by atoms with E-state index in [1.54, 1.807) is 19.1 Å². The van der Waals surface area contributed by atoms with Gasteiger partial charge in [0.15, 0.2) is 17.3 Å². The molecule has 1 aliphatic carbocycles. The molecule has 4 rings (SSSR count). The molecule has 5 heteroatoms. The molecule has 1 atom stereocenters. The fraction of sp³-hybridized carbons (Fsp3) is 0.333. The number of amides is 1. The molecular formula is C24H25NO4. The van der Waals surface area contributed by atoms with E-state index in [0.717, 1.165) is 34.5 Å². The summed E-state index contributed by atoms with van der Waals surface area (Å²) in [5.74, 6) is 0.983. The van der Waals surface area contributed by atoms with Gasteiger partial charge in [-0.1, -0.05) is 30.3 Å². The summed E-state index contributed by atoms with van der Waals surface area (Å²) in [6.45, 7) is 1.99. The van der Waals surface area contributed by atoms with Crippen molar-refractivity contribution in [2.24, 2.45) is 0 Å². The maximum Gasteiger partial charge on any atom is 0.232 e. The van der Waals surface area contributed by atoms with Gasteiger partial charge >= 0.3 is 0 Å². The summed E-state index contributed by atoms with van der Waals surface area (Å²) in [5, 5.41) is 0. The van der Waals surface area contributed by atoms with Gasteiger partial charge in [0.1, 0.15) is 0 Å². The lowest BCUT2D eigenvalue weighted by atomic mass is 9.76. The highest BCUT2D eigenvalue weighted by atomic mass is 16.5. The van der Waals surface area contributed by atoms with Gasteiger partial charge in [0, 0.05) is 35.6 Å². The Morgan fingerprint density at radius 2 is 1.76 bits per heavy atom. The number of ether oxygens (including phenoxy) is 2. The number of anilines is 1. The van der Waals surface area contributed by atoms with Gasteiger partial charge in [-0.05, 0) is 37.5 Å². The number of hydrogen-bond donors (Lipinski definition) is 0. The maximum absolute atomic E-state index is 13.4. The largest absolute Gasteiger partial charge is 0.493 e. The van der Waals surface area contributed by atoms with Crippen molar-refractivity contribution in [3.8, 4) is 11.5 Å². The van der Waals surface area contributed by atoms with Crippen LogP contribution in [0.3, 0.4) is 0 Å². The quantitative estimate of drug-likeness (QED) is 0.768. The Morgan fingerprint density at radius 1 is 0.966 bits per heavy atom. The zero-order valence-corrected chi connectivity index (χ0v) is 17.0. The molecule has 0 N–H and O–H groups in total. The van der Waals surface area contributed by atoms with Gasteiger partial charge in [-0.2, -0.15) is 0 Å². The number of methoxy groups -OCH3 is 2. The molecule has 1 amide bonds. The van der Waals surface area contributed by atoms with E-state index in [1.807, 2.05) is 49.4 Å². The summed E-state index contributed by atoms with van der Waals surface area (Å²) in [7, 11) is 3.17. The average molecular weight is 391 g/mol. The third kappa shape index (κ3) is 3.20. The second-order valence-electron chi connectivity index (χ2n) is 7.49. The van der Waals surface area contributed by atoms with Crippen LogP contribution in [0.25, 0.3) is 0 Å². The fourth-order valence-electron chi connectivity index (χ4n) is 4.54. The third-order valence-corrected chi connectivity index (χ3v) is 5.84. The van der Waals surface area contributed by atoms with Gasteiger partial charge in [-0.25, -0.2) is 0 Å². The van der Waals surface area contributed by atoms with Crippen molar-refractivity contribution < 1.29 is 19.1 Å². The molecule has 0 unspecified atom stereocenters. The molecule has 0 radical (unpaired) electrons. The molecule has 0 spiro atoms. The zero-order valence-electron chi connectivity index (χ0n) is 17.0. The van der Waals surface area contributed by atoms with E-state index < -0.39 is 0 Å². The van der Waals surface area contributed by atoms with Crippen LogP contribution in [0.15, 0.2) is 53.7 Å². The van der Waals surface area contributed by atoms with Crippen LogP contribution >= 0.6 is 0 Å². The number of rotatable bonds is 4. The second kappa shape index (κ2) is 7.74. The van der Waals surface area contributed by atoms with Crippen LogP contribution in [0.5, 0.6) is 11.5 Å². The van der Waals surface area contributed by atoms with Gasteiger partial charge in [0.05, 0.1) is 19.9 Å². The Bertz CT molecular complexity index is 1010. The van der Waals surface area contributed by atoms with Crippen LogP contribution in [0.1, 0.15) is 42.7 Å². The topological polar surface area (TPSA) is 55.8 Å². The van der Waals surface area contributed by atoms with E-state index in [1.165, 1.54) is 0 Å². The molecule has 0 saturated carbocycles. The Balaban J connectivity index is 1.91. The molecular weight excluding hydrogens is 366 g/mol. The minimum Gasteiger partial charge on any atom is -0.493 e. The summed E-state index contributed by atoms with van der Waals surface area (Å²) in [6.07, 6.45) is 2.21. The molecule has 29 heavy (non-hydrogen) atoms. The number of carbonyl (C=O) groups is 2. The molecule has 2 aromatic rings. The Labute approximate surface area is 170 Å². The highest BCUT2D eigenvalue weighted by Crippen LogP contribution is 2.47. The fourth-order valence-corrected chi connectivity index (χ4v) is 4.54. The lowest BCUT2D eigenvalue weighted by Gasteiger charge is -2.39. The first-order valence-electron chi connectivity index (χ1n) is 9.92. The van der Waals surface area contributed by atoms with E-state index in [9.17, 15) is 9.59 Å². The van der Waals surface area contributed by atoms with Gasteiger partial charge in [-0.3, -0.25) is 14.5 Å². The number of carbonyl (C=O) groups excluding carboxylic acids is 2. The SMILES string of the molecule is COc1cccc([C@@H]2CC(=O)N(c3ccccc3C)C3=C2C(=O)CCC3)c1OC. The highest BCUT2D eigenvalue weighted by Gasteiger charge is 2.41. The molecule has 0 fully saturated rings. The normalized spacial score (nSPS) is 19.3. The molecule has 150 valence electrons. The third-order valence-electron chi connectivity index (χ3n) is 5.84. The van der Waals surface area contributed by atoms with Gasteiger partial charge in [-0.15, -0.1) is 0 Å². The standard InChI is InChI=1S/C24H25NO4/c1-15-8-4-5-10-18(15)25-19-11-7-12-20(26)23(19)17(14-22(25)27)16-9-6-13-21(28-2)24(16)29-3/h4-6,8-10,13,17H,7,11-12,14H2,1-3H3/t17-/m0/s1. The van der Waals surface area contributed by atoms with Crippen molar-refractivity contribution in [3.05, 3.63) is 64.9 Å². The van der Waals surface area contributed by atoms with E-state index in [0.29, 0.717) is 24.3 Å². The summed E-state index contributed by atoms with van der Waals surface area (Å²) < 4.78 is 11.1. The lowest BCUT2D eigenvalue weighted by molar-refractivity contribution is -0.119. The predicted molar refractivity (Wildman–Crippen MR) is 111 cm³/mol. The first-order chi connectivity index (χ1) is 14.1. The lowest BCUT2D eigenvalue weighted by Crippen LogP contribution is -2.41. The van der Waals surface area contributed by atoms with E-state index in [4.69, 9.17) is 9.47 Å². The van der Waals surface area contributed by atoms with Crippen molar-refractivity contribution >= 4 is 17.4 Å². The average Bonchev–Trinajstić information content (AvgIpc) is 2.73. The number of hydrogen-bond acceptors (Lipinski definition) is 4. The molecule has 2 aromatic carbocycles. The van der Waals surface area contributed by atoms with Gasteiger partial charge in [0.2, 0.25) is 5.91 Å². The number of ketones is 1. The van der Waals surface area contributed by atoms with Crippen LogP contribution in [0, 0.1) is 6.92 Å². The van der Waals surface area contributed by atoms with Crippen molar-refractivity contribution in [1.29, 1.82) is 0 Å². The number of allylic oxidation sites excluding steroid dienone is 2. The van der Waals surface area contributed by atoms with Crippen LogP contribution in [0.2, 0.25) is 0 Å². The first-order valence-corrected chi connectivity index (χ1v) is 9.92. The van der Waals surface area contributed by atoms with Crippen molar-refractivity contribution in [2.45, 2.75) is 38.5 Å². The van der Waals surface area contributed by atoms with Crippen LogP contribution < -0.4 is 14.4 Å². The van der Waals surface area contributed by atoms with E-state index in [2.05, 4.69) is 0 Å². The molecule has 0 aromatic heterocycles. The van der Waals surface area contributed by atoms with Crippen molar-refractivity contribution in [1.82, 2.24) is 0 Å². The maximum atomic E-state index is 13.4. The Morgan fingerprint density at radius 3 is 2.48 bits per heavy atom. The first kappa shape index (κ1) is 19.2. The summed E-state index contributed by atoms with van der Waals surface area (Å²) >= 11 is 0. The summed E-state index contributed by atoms with van der Waals surface area (Å²) in [6, 6.07) is 13.5. The number of Topliss-reactive ketones (excluding diaryl/α,β-unsaturated/α-hetero) is 1. The number of nitrogens with zero attached hydrogens (tertiary/aromatic N) is 1. The Kier molecular flexibility index (Phi) is 5.14. The molecule has 5 nitrogen and oxygen atoms in total. The zero-order chi connectivity index (χ0) is 20.5. The van der Waals surface area contributed by atoms with Crippen LogP contribution in [0.4, 0.5) is 5.69 Å². The van der Waals surface area contributed by atoms with E-state index >= 15 is 0 Å². The highest BCUT2D eigenvalue weighted by molar-refractivity contribution is 6.07. The van der Waals surface area contributed by atoms with Gasteiger partial charge < -0.3 is 9.47 Å².